The third kappa shape index (κ3) is 2.34. The first kappa shape index (κ1) is 16.9. The van der Waals surface area contributed by atoms with Crippen molar-refractivity contribution in [2.24, 2.45) is 0 Å². The van der Waals surface area contributed by atoms with Gasteiger partial charge in [0, 0.05) is 39.6 Å². The lowest BCUT2D eigenvalue weighted by molar-refractivity contribution is 0.548. The van der Waals surface area contributed by atoms with Gasteiger partial charge in [-0.05, 0) is 65.0 Å². The van der Waals surface area contributed by atoms with E-state index in [0.29, 0.717) is 0 Å². The highest BCUT2D eigenvalue weighted by molar-refractivity contribution is 6.02. The van der Waals surface area contributed by atoms with Crippen molar-refractivity contribution in [2.45, 2.75) is 34.6 Å². The summed E-state index contributed by atoms with van der Waals surface area (Å²) in [7, 11) is 0. The van der Waals surface area contributed by atoms with E-state index in [1.807, 2.05) is 23.6 Å². The summed E-state index contributed by atoms with van der Waals surface area (Å²) in [6.45, 7) is 10.5. The summed E-state index contributed by atoms with van der Waals surface area (Å²) < 4.78 is 10.2. The van der Waals surface area contributed by atoms with Crippen LogP contribution in [0.3, 0.4) is 0 Å². The van der Waals surface area contributed by atoms with E-state index in [1.54, 1.807) is 0 Å². The van der Waals surface area contributed by atoms with Gasteiger partial charge in [0.15, 0.2) is 0 Å². The van der Waals surface area contributed by atoms with Gasteiger partial charge in [0.2, 0.25) is 0 Å². The molecule has 1 aromatic carbocycles. The lowest BCUT2D eigenvalue weighted by atomic mass is 10.1. The van der Waals surface area contributed by atoms with Gasteiger partial charge >= 0.3 is 0 Å². The predicted octanol–water partition coefficient (Wildman–Crippen LogP) is 6.08. The Balaban J connectivity index is 1.83. The Kier molecular flexibility index (Phi) is 3.53. The Bertz CT molecular complexity index is 1350. The number of rotatable bonds is 2. The molecule has 4 heterocycles. The molecule has 28 heavy (non-hydrogen) atoms. The molecule has 0 aliphatic carbocycles. The summed E-state index contributed by atoms with van der Waals surface area (Å²) in [6.07, 6.45) is 2.05. The molecule has 0 N–H and O–H groups in total. The van der Waals surface area contributed by atoms with E-state index in [4.69, 9.17) is 9.52 Å². The molecule has 0 unspecified atom stereocenters. The Morgan fingerprint density at radius 1 is 0.821 bits per heavy atom. The summed E-state index contributed by atoms with van der Waals surface area (Å²) in [5, 5.41) is 7.32. The van der Waals surface area contributed by atoms with Gasteiger partial charge in [-0.3, -0.25) is 0 Å². The zero-order chi connectivity index (χ0) is 19.6. The molecule has 4 heteroatoms. The van der Waals surface area contributed by atoms with Gasteiger partial charge in [0.1, 0.15) is 11.5 Å². The second kappa shape index (κ2) is 5.86. The average Bonchev–Trinajstić information content (AvgIpc) is 3.33. The van der Waals surface area contributed by atoms with Crippen molar-refractivity contribution >= 4 is 16.3 Å². The molecule has 0 radical (unpaired) electrons. The zero-order valence-electron chi connectivity index (χ0n) is 16.9. The summed E-state index contributed by atoms with van der Waals surface area (Å²) in [4.78, 5) is 0. The number of aromatic nitrogens is 3. The summed E-state index contributed by atoms with van der Waals surface area (Å²) >= 11 is 0. The smallest absolute Gasteiger partial charge is 0.135 e. The molecule has 0 amide bonds. The lowest BCUT2D eigenvalue weighted by Crippen LogP contribution is -1.98. The molecule has 0 saturated heterocycles. The largest absolute Gasteiger partial charge is 0.461 e. The SMILES string of the molecule is Cc1ccc(-n2c(C)c3c(C)nn4cc(-c5ccc(C)o5)cc4c3c2C)cc1. The first-order valence-corrected chi connectivity index (χ1v) is 9.58. The maximum atomic E-state index is 5.83. The molecule has 0 spiro atoms. The lowest BCUT2D eigenvalue weighted by Gasteiger charge is -2.09. The first-order valence-electron chi connectivity index (χ1n) is 9.58. The van der Waals surface area contributed by atoms with E-state index in [-0.39, 0.29) is 0 Å². The molecule has 4 aromatic heterocycles. The molecule has 5 rings (SSSR count). The van der Waals surface area contributed by atoms with Crippen molar-refractivity contribution in [3.05, 3.63) is 77.1 Å². The molecule has 0 bridgehead atoms. The fourth-order valence-corrected chi connectivity index (χ4v) is 4.33. The maximum Gasteiger partial charge on any atom is 0.135 e. The van der Waals surface area contributed by atoms with E-state index in [1.165, 1.54) is 33.4 Å². The normalized spacial score (nSPS) is 11.8. The Labute approximate surface area is 164 Å². The first-order chi connectivity index (χ1) is 13.4. The van der Waals surface area contributed by atoms with Crippen molar-refractivity contribution in [3.8, 4) is 17.0 Å². The number of aryl methyl sites for hydroxylation is 5. The van der Waals surface area contributed by atoms with Gasteiger partial charge in [-0.15, -0.1) is 0 Å². The third-order valence-corrected chi connectivity index (χ3v) is 5.64. The van der Waals surface area contributed by atoms with Crippen LogP contribution < -0.4 is 0 Å². The van der Waals surface area contributed by atoms with Gasteiger partial charge in [-0.25, -0.2) is 4.52 Å². The van der Waals surface area contributed by atoms with Crippen molar-refractivity contribution in [2.75, 3.05) is 0 Å². The van der Waals surface area contributed by atoms with Crippen molar-refractivity contribution < 1.29 is 4.42 Å². The summed E-state index contributed by atoms with van der Waals surface area (Å²) in [5.41, 5.74) is 8.09. The molecular weight excluding hydrogens is 346 g/mol. The second-order valence-electron chi connectivity index (χ2n) is 7.65. The number of hydrogen-bond donors (Lipinski definition) is 0. The van der Waals surface area contributed by atoms with Crippen LogP contribution in [0, 0.1) is 34.6 Å². The molecule has 5 aromatic rings. The van der Waals surface area contributed by atoms with Gasteiger partial charge in [0.25, 0.3) is 0 Å². The monoisotopic (exact) mass is 369 g/mol. The minimum atomic E-state index is 0.876. The maximum absolute atomic E-state index is 5.83. The van der Waals surface area contributed by atoms with E-state index >= 15 is 0 Å². The average molecular weight is 369 g/mol. The Morgan fingerprint density at radius 2 is 1.54 bits per heavy atom. The van der Waals surface area contributed by atoms with Crippen LogP contribution in [0.25, 0.3) is 33.3 Å². The zero-order valence-corrected chi connectivity index (χ0v) is 16.9. The number of furan rings is 1. The number of nitrogens with zero attached hydrogens (tertiary/aromatic N) is 3. The van der Waals surface area contributed by atoms with Gasteiger partial charge in [0.05, 0.1) is 11.2 Å². The van der Waals surface area contributed by atoms with Crippen LogP contribution in [-0.2, 0) is 0 Å². The summed E-state index contributed by atoms with van der Waals surface area (Å²) in [6, 6.07) is 14.9. The minimum absolute atomic E-state index is 0.876. The minimum Gasteiger partial charge on any atom is -0.461 e. The van der Waals surface area contributed by atoms with Gasteiger partial charge in [-0.1, -0.05) is 17.7 Å². The van der Waals surface area contributed by atoms with Crippen LogP contribution in [0.15, 0.2) is 53.1 Å². The highest BCUT2D eigenvalue weighted by Gasteiger charge is 2.19. The molecule has 0 aliphatic rings. The fourth-order valence-electron chi connectivity index (χ4n) is 4.33. The van der Waals surface area contributed by atoms with Crippen LogP contribution in [0.4, 0.5) is 0 Å². The van der Waals surface area contributed by atoms with Crippen LogP contribution in [0.2, 0.25) is 0 Å². The molecule has 0 fully saturated rings. The Morgan fingerprint density at radius 3 is 2.21 bits per heavy atom. The topological polar surface area (TPSA) is 35.4 Å². The van der Waals surface area contributed by atoms with Crippen molar-refractivity contribution in [3.63, 3.8) is 0 Å². The van der Waals surface area contributed by atoms with E-state index in [0.717, 1.165) is 28.3 Å². The van der Waals surface area contributed by atoms with Gasteiger partial charge < -0.3 is 8.98 Å². The van der Waals surface area contributed by atoms with Crippen molar-refractivity contribution in [1.29, 1.82) is 0 Å². The molecule has 0 saturated carbocycles. The fraction of sp³-hybridized carbons (Fsp3) is 0.208. The highest BCUT2D eigenvalue weighted by Crippen LogP contribution is 2.35. The van der Waals surface area contributed by atoms with Gasteiger partial charge in [-0.2, -0.15) is 5.10 Å². The summed E-state index contributed by atoms with van der Waals surface area (Å²) in [5.74, 6) is 1.79. The van der Waals surface area contributed by atoms with Crippen molar-refractivity contribution in [1.82, 2.24) is 14.2 Å². The van der Waals surface area contributed by atoms with E-state index in [9.17, 15) is 0 Å². The Hall–Kier alpha value is -3.27. The predicted molar refractivity (Wildman–Crippen MR) is 113 cm³/mol. The number of fused-ring (bicyclic) bond motifs is 3. The van der Waals surface area contributed by atoms with E-state index < -0.39 is 0 Å². The van der Waals surface area contributed by atoms with Crippen LogP contribution in [-0.4, -0.2) is 14.2 Å². The van der Waals surface area contributed by atoms with Crippen LogP contribution in [0.1, 0.15) is 28.4 Å². The van der Waals surface area contributed by atoms with E-state index in [2.05, 4.69) is 68.8 Å². The molecule has 4 nitrogen and oxygen atoms in total. The van der Waals surface area contributed by atoms with Crippen LogP contribution in [0.5, 0.6) is 0 Å². The van der Waals surface area contributed by atoms with Crippen LogP contribution >= 0.6 is 0 Å². The molecular formula is C24H23N3O. The number of hydrogen-bond acceptors (Lipinski definition) is 2. The quantitative estimate of drug-likeness (QED) is 0.378. The second-order valence-corrected chi connectivity index (χ2v) is 7.65. The molecule has 140 valence electrons. The highest BCUT2D eigenvalue weighted by atomic mass is 16.3. The third-order valence-electron chi connectivity index (χ3n) is 5.64. The standard InChI is InChI=1S/C24H23N3O/c1-14-6-9-20(10-7-14)27-17(4)23-16(3)25-26-13-19(22-11-8-15(2)28-22)12-21(26)24(23)18(27)5/h6-13H,1-5H3. The molecule has 0 atom stereocenters. The number of benzene rings is 1. The molecule has 0 aliphatic heterocycles.